The molecule has 0 bridgehead atoms. The molecule has 0 fully saturated rings. The van der Waals surface area contributed by atoms with Crippen molar-refractivity contribution >= 4 is 71.6 Å². The lowest BCUT2D eigenvalue weighted by Crippen LogP contribution is -2.35. The SMILES string of the molecule is CC1=C(C(=O)Nc2nc3ccc(Br)cc3s2)C(c2ccc(Cl)c([N+](=O)[O-])c2)C2=C(CCCC2=O)N1. The number of anilines is 1. The van der Waals surface area contributed by atoms with E-state index in [0.29, 0.717) is 46.8 Å². The summed E-state index contributed by atoms with van der Waals surface area (Å²) in [5, 5.41) is 18.1. The van der Waals surface area contributed by atoms with Crippen LogP contribution in [0.4, 0.5) is 10.8 Å². The fraction of sp³-hybridized carbons (Fsp3) is 0.208. The molecule has 3 aromatic rings. The lowest BCUT2D eigenvalue weighted by molar-refractivity contribution is -0.384. The van der Waals surface area contributed by atoms with Gasteiger partial charge in [0, 0.05) is 45.4 Å². The second kappa shape index (κ2) is 9.18. The minimum atomic E-state index is -0.765. The van der Waals surface area contributed by atoms with E-state index in [0.717, 1.165) is 20.4 Å². The van der Waals surface area contributed by atoms with Crippen molar-refractivity contribution in [1.82, 2.24) is 10.3 Å². The van der Waals surface area contributed by atoms with Gasteiger partial charge in [-0.1, -0.05) is 44.9 Å². The van der Waals surface area contributed by atoms with Gasteiger partial charge in [0.2, 0.25) is 0 Å². The average Bonchev–Trinajstić information content (AvgIpc) is 3.19. The maximum atomic E-state index is 13.6. The number of amides is 1. The van der Waals surface area contributed by atoms with Gasteiger partial charge >= 0.3 is 0 Å². The Bertz CT molecular complexity index is 1500. The van der Waals surface area contributed by atoms with Crippen molar-refractivity contribution < 1.29 is 14.5 Å². The number of benzene rings is 2. The fourth-order valence-electron chi connectivity index (χ4n) is 4.58. The summed E-state index contributed by atoms with van der Waals surface area (Å²) in [6.45, 7) is 1.77. The molecule has 1 unspecified atom stereocenters. The summed E-state index contributed by atoms with van der Waals surface area (Å²) >= 11 is 10.8. The molecule has 1 amide bonds. The number of nitro groups is 1. The summed E-state index contributed by atoms with van der Waals surface area (Å²) in [4.78, 5) is 42.2. The van der Waals surface area contributed by atoms with Gasteiger partial charge in [-0.15, -0.1) is 0 Å². The van der Waals surface area contributed by atoms with Crippen molar-refractivity contribution in [2.45, 2.75) is 32.1 Å². The topological polar surface area (TPSA) is 114 Å². The molecule has 2 aromatic carbocycles. The molecule has 8 nitrogen and oxygen atoms in total. The third-order valence-corrected chi connectivity index (χ3v) is 7.84. The quantitative estimate of drug-likeness (QED) is 0.283. The first-order valence-corrected chi connectivity index (χ1v) is 12.8. The van der Waals surface area contributed by atoms with Crippen LogP contribution in [0.2, 0.25) is 5.02 Å². The molecule has 1 aromatic heterocycles. The highest BCUT2D eigenvalue weighted by Gasteiger charge is 2.39. The smallest absolute Gasteiger partial charge is 0.288 e. The number of nitrogens with zero attached hydrogens (tertiary/aromatic N) is 2. The number of fused-ring (bicyclic) bond motifs is 1. The number of allylic oxidation sites excluding steroid dienone is 3. The summed E-state index contributed by atoms with van der Waals surface area (Å²) in [5.74, 6) is -1.27. The fourth-order valence-corrected chi connectivity index (χ4v) is 6.18. The highest BCUT2D eigenvalue weighted by molar-refractivity contribution is 9.10. The lowest BCUT2D eigenvalue weighted by atomic mass is 9.75. The van der Waals surface area contributed by atoms with Gasteiger partial charge in [-0.25, -0.2) is 4.98 Å². The molecule has 11 heteroatoms. The number of nitrogens with one attached hydrogen (secondary N) is 2. The number of dihydropyridines is 1. The van der Waals surface area contributed by atoms with Crippen LogP contribution in [0, 0.1) is 10.1 Å². The average molecular weight is 574 g/mol. The van der Waals surface area contributed by atoms with Crippen LogP contribution in [0.5, 0.6) is 0 Å². The third-order valence-electron chi connectivity index (χ3n) is 6.09. The molecule has 0 saturated heterocycles. The number of halogens is 2. The molecule has 0 saturated carbocycles. The molecular formula is C24H18BrClN4O4S. The zero-order valence-electron chi connectivity index (χ0n) is 18.4. The van der Waals surface area contributed by atoms with Gasteiger partial charge in [-0.05, 0) is 49.6 Å². The highest BCUT2D eigenvalue weighted by atomic mass is 79.9. The Balaban J connectivity index is 1.59. The van der Waals surface area contributed by atoms with E-state index >= 15 is 0 Å². The Kier molecular flexibility index (Phi) is 6.20. The van der Waals surface area contributed by atoms with Crippen LogP contribution in [-0.2, 0) is 9.59 Å². The van der Waals surface area contributed by atoms with Crippen molar-refractivity contribution in [2.24, 2.45) is 0 Å². The largest absolute Gasteiger partial charge is 0.362 e. The van der Waals surface area contributed by atoms with Gasteiger partial charge in [0.25, 0.3) is 11.6 Å². The second-order valence-electron chi connectivity index (χ2n) is 8.32. The van der Waals surface area contributed by atoms with Gasteiger partial charge < -0.3 is 5.32 Å². The Labute approximate surface area is 217 Å². The van der Waals surface area contributed by atoms with Gasteiger partial charge in [0.15, 0.2) is 10.9 Å². The number of thiazole rings is 1. The Morgan fingerprint density at radius 1 is 1.29 bits per heavy atom. The predicted molar refractivity (Wildman–Crippen MR) is 139 cm³/mol. The van der Waals surface area contributed by atoms with E-state index in [4.69, 9.17) is 11.6 Å². The zero-order chi connectivity index (χ0) is 24.9. The number of carbonyl (C=O) groups excluding carboxylic acids is 2. The standard InChI is InChI=1S/C24H18BrClN4O4S/c1-11-20(23(32)29-24-28-15-8-6-13(25)10-19(15)35-24)21(22-16(27-11)3-2-4-18(22)31)12-5-7-14(26)17(9-12)30(33)34/h5-10,21,27H,2-4H2,1H3,(H,28,29,32). The highest BCUT2D eigenvalue weighted by Crippen LogP contribution is 2.44. The summed E-state index contributed by atoms with van der Waals surface area (Å²) in [6.07, 6.45) is 1.72. The molecule has 35 heavy (non-hydrogen) atoms. The van der Waals surface area contributed by atoms with E-state index < -0.39 is 16.7 Å². The number of hydrogen-bond acceptors (Lipinski definition) is 7. The molecule has 0 spiro atoms. The minimum absolute atomic E-state index is 0.0100. The predicted octanol–water partition coefficient (Wildman–Crippen LogP) is 6.23. The first-order valence-electron chi connectivity index (χ1n) is 10.8. The second-order valence-corrected chi connectivity index (χ2v) is 10.7. The summed E-state index contributed by atoms with van der Waals surface area (Å²) in [7, 11) is 0. The van der Waals surface area contributed by atoms with Gasteiger partial charge in [0.05, 0.1) is 15.1 Å². The Morgan fingerprint density at radius 2 is 2.09 bits per heavy atom. The zero-order valence-corrected chi connectivity index (χ0v) is 21.5. The van der Waals surface area contributed by atoms with Crippen LogP contribution in [-0.4, -0.2) is 21.6 Å². The number of nitro benzene ring substituents is 1. The molecule has 178 valence electrons. The van der Waals surface area contributed by atoms with Crippen LogP contribution in [0.1, 0.15) is 37.7 Å². The summed E-state index contributed by atoms with van der Waals surface area (Å²) in [6, 6.07) is 10.1. The van der Waals surface area contributed by atoms with Crippen molar-refractivity contribution in [3.63, 3.8) is 0 Å². The van der Waals surface area contributed by atoms with Crippen LogP contribution >= 0.6 is 38.9 Å². The van der Waals surface area contributed by atoms with E-state index in [1.165, 1.54) is 23.5 Å². The molecular weight excluding hydrogens is 556 g/mol. The van der Waals surface area contributed by atoms with Crippen LogP contribution in [0.15, 0.2) is 63.4 Å². The molecule has 2 N–H and O–H groups in total. The van der Waals surface area contributed by atoms with Crippen molar-refractivity contribution in [3.8, 4) is 0 Å². The van der Waals surface area contributed by atoms with E-state index in [1.807, 2.05) is 18.2 Å². The van der Waals surface area contributed by atoms with E-state index in [-0.39, 0.29) is 16.5 Å². The first-order chi connectivity index (χ1) is 16.7. The maximum absolute atomic E-state index is 13.6. The molecule has 1 aliphatic heterocycles. The number of Topliss-reactive ketones (excluding diaryl/α,β-unsaturated/α-hetero) is 1. The van der Waals surface area contributed by atoms with Crippen LogP contribution in [0.3, 0.4) is 0 Å². The van der Waals surface area contributed by atoms with Crippen LogP contribution < -0.4 is 10.6 Å². The van der Waals surface area contributed by atoms with E-state index in [2.05, 4.69) is 31.5 Å². The first kappa shape index (κ1) is 23.7. The Morgan fingerprint density at radius 3 is 2.86 bits per heavy atom. The maximum Gasteiger partial charge on any atom is 0.288 e. The van der Waals surface area contributed by atoms with Gasteiger partial charge in [-0.2, -0.15) is 0 Å². The third kappa shape index (κ3) is 4.37. The van der Waals surface area contributed by atoms with E-state index in [9.17, 15) is 19.7 Å². The molecule has 1 aliphatic carbocycles. The van der Waals surface area contributed by atoms with Crippen molar-refractivity contribution in [1.29, 1.82) is 0 Å². The van der Waals surface area contributed by atoms with E-state index in [1.54, 1.807) is 13.0 Å². The molecule has 1 atom stereocenters. The summed E-state index contributed by atoms with van der Waals surface area (Å²) in [5.41, 5.74) is 3.06. The minimum Gasteiger partial charge on any atom is -0.362 e. The normalized spacial score (nSPS) is 17.9. The Hall–Kier alpha value is -3.08. The van der Waals surface area contributed by atoms with Gasteiger partial charge in [0.1, 0.15) is 5.02 Å². The number of hydrogen-bond donors (Lipinski definition) is 2. The molecule has 5 rings (SSSR count). The number of ketones is 1. The monoisotopic (exact) mass is 572 g/mol. The molecule has 2 aliphatic rings. The number of rotatable bonds is 4. The number of aromatic nitrogens is 1. The van der Waals surface area contributed by atoms with Gasteiger partial charge in [-0.3, -0.25) is 25.0 Å². The summed E-state index contributed by atoms with van der Waals surface area (Å²) < 4.78 is 1.81. The molecule has 2 heterocycles. The van der Waals surface area contributed by atoms with Crippen molar-refractivity contribution in [3.05, 3.63) is 84.1 Å². The molecule has 0 radical (unpaired) electrons. The number of carbonyl (C=O) groups is 2. The van der Waals surface area contributed by atoms with Crippen LogP contribution in [0.25, 0.3) is 10.2 Å². The lowest BCUT2D eigenvalue weighted by Gasteiger charge is -2.34. The van der Waals surface area contributed by atoms with Crippen molar-refractivity contribution in [2.75, 3.05) is 5.32 Å².